The number of nitrogens with one attached hydrogen (secondary N) is 1. The zero-order valence-electron chi connectivity index (χ0n) is 14.6. The number of ether oxygens (including phenoxy) is 1. The molecule has 0 aromatic heterocycles. The second kappa shape index (κ2) is 8.09. The summed E-state index contributed by atoms with van der Waals surface area (Å²) < 4.78 is 5.82. The lowest BCUT2D eigenvalue weighted by Gasteiger charge is -2.11. The van der Waals surface area contributed by atoms with E-state index in [1.165, 1.54) is 22.4 Å². The largest absolute Gasteiger partial charge is 0.489 e. The molecule has 0 saturated heterocycles. The monoisotopic (exact) mass is 351 g/mol. The quantitative estimate of drug-likeness (QED) is 0.575. The van der Waals surface area contributed by atoms with Gasteiger partial charge < -0.3 is 10.1 Å². The molecule has 1 N–H and O–H groups in total. The van der Waals surface area contributed by atoms with Crippen molar-refractivity contribution in [3.63, 3.8) is 0 Å². The molecule has 2 nitrogen and oxygen atoms in total. The smallest absolute Gasteiger partial charge is 0.119 e. The van der Waals surface area contributed by atoms with Gasteiger partial charge >= 0.3 is 0 Å². The standard InChI is InChI=1S/C22H22ClNO/c1-16-7-12-22(17(2)13-16)24-14-18-8-10-20(11-9-18)25-15-19-5-3-4-6-21(19)23/h3-13,24H,14-15H2,1-2H3. The molecule has 0 fully saturated rings. The van der Waals surface area contributed by atoms with E-state index in [-0.39, 0.29) is 0 Å². The summed E-state index contributed by atoms with van der Waals surface area (Å²) in [5.74, 6) is 0.843. The summed E-state index contributed by atoms with van der Waals surface area (Å²) in [4.78, 5) is 0. The van der Waals surface area contributed by atoms with E-state index in [2.05, 4.69) is 49.5 Å². The second-order valence-electron chi connectivity index (χ2n) is 6.20. The van der Waals surface area contributed by atoms with E-state index in [4.69, 9.17) is 16.3 Å². The van der Waals surface area contributed by atoms with E-state index < -0.39 is 0 Å². The Bertz CT molecular complexity index is 843. The van der Waals surface area contributed by atoms with E-state index in [0.29, 0.717) is 6.61 Å². The summed E-state index contributed by atoms with van der Waals surface area (Å²) in [5, 5.41) is 4.22. The molecule has 0 heterocycles. The van der Waals surface area contributed by atoms with Crippen LogP contribution >= 0.6 is 11.6 Å². The van der Waals surface area contributed by atoms with Gasteiger partial charge in [-0.2, -0.15) is 0 Å². The van der Waals surface area contributed by atoms with Crippen LogP contribution in [-0.4, -0.2) is 0 Å². The number of hydrogen-bond donors (Lipinski definition) is 1. The highest BCUT2D eigenvalue weighted by Crippen LogP contribution is 2.20. The molecule has 0 aliphatic carbocycles. The van der Waals surface area contributed by atoms with Crippen LogP contribution in [0.2, 0.25) is 5.02 Å². The Morgan fingerprint density at radius 3 is 2.40 bits per heavy atom. The minimum atomic E-state index is 0.472. The van der Waals surface area contributed by atoms with E-state index in [9.17, 15) is 0 Å². The molecule has 0 aliphatic heterocycles. The number of aryl methyl sites for hydroxylation is 2. The van der Waals surface area contributed by atoms with Crippen LogP contribution < -0.4 is 10.1 Å². The highest BCUT2D eigenvalue weighted by molar-refractivity contribution is 6.31. The number of rotatable bonds is 6. The predicted molar refractivity (Wildman–Crippen MR) is 105 cm³/mol. The predicted octanol–water partition coefficient (Wildman–Crippen LogP) is 6.15. The van der Waals surface area contributed by atoms with Gasteiger partial charge in [-0.25, -0.2) is 0 Å². The molecule has 0 amide bonds. The van der Waals surface area contributed by atoms with Crippen LogP contribution in [0.5, 0.6) is 5.75 Å². The minimum absolute atomic E-state index is 0.472. The van der Waals surface area contributed by atoms with Crippen LogP contribution in [0.15, 0.2) is 66.7 Å². The topological polar surface area (TPSA) is 21.3 Å². The van der Waals surface area contributed by atoms with Gasteiger partial charge in [-0.1, -0.05) is 59.6 Å². The van der Waals surface area contributed by atoms with E-state index >= 15 is 0 Å². The number of hydrogen-bond acceptors (Lipinski definition) is 2. The molecule has 3 rings (SSSR count). The second-order valence-corrected chi connectivity index (χ2v) is 6.60. The first-order valence-corrected chi connectivity index (χ1v) is 8.76. The van der Waals surface area contributed by atoms with Gasteiger partial charge in [0.1, 0.15) is 12.4 Å². The first-order valence-electron chi connectivity index (χ1n) is 8.38. The molecule has 25 heavy (non-hydrogen) atoms. The van der Waals surface area contributed by atoms with Gasteiger partial charge in [-0.3, -0.25) is 0 Å². The van der Waals surface area contributed by atoms with Gasteiger partial charge in [0, 0.05) is 22.8 Å². The average molecular weight is 352 g/mol. The summed E-state index contributed by atoms with van der Waals surface area (Å²) in [6.07, 6.45) is 0. The van der Waals surface area contributed by atoms with Crippen LogP contribution in [0, 0.1) is 13.8 Å². The van der Waals surface area contributed by atoms with Crippen LogP contribution in [0.4, 0.5) is 5.69 Å². The molecule has 0 bridgehead atoms. The third-order valence-corrected chi connectivity index (χ3v) is 4.51. The molecule has 0 atom stereocenters. The Morgan fingerprint density at radius 2 is 1.68 bits per heavy atom. The molecule has 3 heteroatoms. The highest BCUT2D eigenvalue weighted by Gasteiger charge is 2.02. The van der Waals surface area contributed by atoms with Gasteiger partial charge in [0.15, 0.2) is 0 Å². The van der Waals surface area contributed by atoms with Crippen molar-refractivity contribution in [3.8, 4) is 5.75 Å². The van der Waals surface area contributed by atoms with Crippen molar-refractivity contribution in [1.29, 1.82) is 0 Å². The number of anilines is 1. The lowest BCUT2D eigenvalue weighted by Crippen LogP contribution is -2.01. The van der Waals surface area contributed by atoms with Crippen molar-refractivity contribution in [1.82, 2.24) is 0 Å². The average Bonchev–Trinajstić information content (AvgIpc) is 2.61. The fourth-order valence-corrected chi connectivity index (χ4v) is 2.88. The highest BCUT2D eigenvalue weighted by atomic mass is 35.5. The van der Waals surface area contributed by atoms with E-state index in [1.807, 2.05) is 36.4 Å². The van der Waals surface area contributed by atoms with Crippen molar-refractivity contribution in [3.05, 3.63) is 94.0 Å². The first kappa shape index (κ1) is 17.4. The SMILES string of the molecule is Cc1ccc(NCc2ccc(OCc3ccccc3Cl)cc2)c(C)c1. The Balaban J connectivity index is 1.56. The molecule has 128 valence electrons. The Hall–Kier alpha value is -2.45. The maximum atomic E-state index is 6.15. The molecule has 0 saturated carbocycles. The van der Waals surface area contributed by atoms with Gasteiger partial charge in [0.2, 0.25) is 0 Å². The summed E-state index contributed by atoms with van der Waals surface area (Å²) in [5.41, 5.74) is 5.92. The van der Waals surface area contributed by atoms with Gasteiger partial charge in [0.05, 0.1) is 0 Å². The van der Waals surface area contributed by atoms with E-state index in [0.717, 1.165) is 22.9 Å². The van der Waals surface area contributed by atoms with Crippen molar-refractivity contribution in [2.24, 2.45) is 0 Å². The number of halogens is 1. The molecule has 0 unspecified atom stereocenters. The molecular weight excluding hydrogens is 330 g/mol. The van der Waals surface area contributed by atoms with Gasteiger partial charge in [-0.05, 0) is 49.2 Å². The summed E-state index contributed by atoms with van der Waals surface area (Å²) in [6.45, 7) is 5.49. The fraction of sp³-hybridized carbons (Fsp3) is 0.182. The zero-order chi connectivity index (χ0) is 17.6. The third-order valence-electron chi connectivity index (χ3n) is 4.14. The maximum Gasteiger partial charge on any atom is 0.119 e. The van der Waals surface area contributed by atoms with E-state index in [1.54, 1.807) is 0 Å². The molecule has 3 aromatic carbocycles. The summed E-state index contributed by atoms with van der Waals surface area (Å²) in [7, 11) is 0. The fourth-order valence-electron chi connectivity index (χ4n) is 2.69. The molecule has 0 spiro atoms. The van der Waals surface area contributed by atoms with Crippen molar-refractivity contribution in [2.45, 2.75) is 27.0 Å². The zero-order valence-corrected chi connectivity index (χ0v) is 15.3. The Kier molecular flexibility index (Phi) is 5.62. The molecular formula is C22H22ClNO. The first-order chi connectivity index (χ1) is 12.1. The maximum absolute atomic E-state index is 6.15. The Labute approximate surface area is 154 Å². The van der Waals surface area contributed by atoms with Gasteiger partial charge in [-0.15, -0.1) is 0 Å². The lowest BCUT2D eigenvalue weighted by molar-refractivity contribution is 0.306. The van der Waals surface area contributed by atoms with Crippen molar-refractivity contribution >= 4 is 17.3 Å². The van der Waals surface area contributed by atoms with Crippen molar-refractivity contribution in [2.75, 3.05) is 5.32 Å². The van der Waals surface area contributed by atoms with Crippen LogP contribution in [0.3, 0.4) is 0 Å². The molecule has 0 radical (unpaired) electrons. The van der Waals surface area contributed by atoms with Crippen LogP contribution in [0.1, 0.15) is 22.3 Å². The van der Waals surface area contributed by atoms with Crippen LogP contribution in [-0.2, 0) is 13.2 Å². The molecule has 3 aromatic rings. The van der Waals surface area contributed by atoms with Gasteiger partial charge in [0.25, 0.3) is 0 Å². The molecule has 0 aliphatic rings. The summed E-state index contributed by atoms with van der Waals surface area (Å²) >= 11 is 6.15. The normalized spacial score (nSPS) is 10.5. The number of benzene rings is 3. The van der Waals surface area contributed by atoms with Crippen LogP contribution in [0.25, 0.3) is 0 Å². The third kappa shape index (κ3) is 4.77. The lowest BCUT2D eigenvalue weighted by atomic mass is 10.1. The Morgan fingerprint density at radius 1 is 0.920 bits per heavy atom. The summed E-state index contributed by atoms with van der Waals surface area (Å²) in [6, 6.07) is 22.3. The minimum Gasteiger partial charge on any atom is -0.489 e. The van der Waals surface area contributed by atoms with Crippen molar-refractivity contribution < 1.29 is 4.74 Å².